The molecular formula is C20H14BrClN2O3. The zero-order valence-corrected chi connectivity index (χ0v) is 16.4. The summed E-state index contributed by atoms with van der Waals surface area (Å²) in [4.78, 5) is 25.2. The van der Waals surface area contributed by atoms with Crippen molar-refractivity contribution in [1.29, 1.82) is 0 Å². The van der Waals surface area contributed by atoms with Crippen molar-refractivity contribution in [2.75, 3.05) is 4.90 Å². The minimum atomic E-state index is -0.519. The summed E-state index contributed by atoms with van der Waals surface area (Å²) in [6, 6.07) is 20.2. The highest BCUT2D eigenvalue weighted by Gasteiger charge is 2.20. The van der Waals surface area contributed by atoms with E-state index in [1.807, 2.05) is 24.3 Å². The SMILES string of the molecule is O=C(c1cccc([N+](=O)[O-])c1)N(Cc1ccc(Br)cc1)c1cccc(Cl)c1. The quantitative estimate of drug-likeness (QED) is 0.365. The smallest absolute Gasteiger partial charge is 0.270 e. The van der Waals surface area contributed by atoms with E-state index in [1.165, 1.54) is 18.2 Å². The van der Waals surface area contributed by atoms with E-state index in [1.54, 1.807) is 35.2 Å². The fourth-order valence-electron chi connectivity index (χ4n) is 2.61. The van der Waals surface area contributed by atoms with Gasteiger partial charge in [-0.1, -0.05) is 51.8 Å². The maximum absolute atomic E-state index is 13.2. The molecule has 0 radical (unpaired) electrons. The van der Waals surface area contributed by atoms with Gasteiger partial charge in [-0.05, 0) is 42.0 Å². The van der Waals surface area contributed by atoms with Crippen molar-refractivity contribution in [3.8, 4) is 0 Å². The van der Waals surface area contributed by atoms with Crippen LogP contribution in [0.25, 0.3) is 0 Å². The number of rotatable bonds is 5. The first kappa shape index (κ1) is 19.1. The Labute approximate surface area is 169 Å². The zero-order chi connectivity index (χ0) is 19.4. The molecule has 136 valence electrons. The van der Waals surface area contributed by atoms with Crippen molar-refractivity contribution >= 4 is 44.8 Å². The number of nitro groups is 1. The molecule has 0 saturated heterocycles. The van der Waals surface area contributed by atoms with Gasteiger partial charge in [0.05, 0.1) is 11.5 Å². The summed E-state index contributed by atoms with van der Waals surface area (Å²) in [6.45, 7) is 0.301. The molecule has 0 fully saturated rings. The predicted molar refractivity (Wildman–Crippen MR) is 109 cm³/mol. The van der Waals surface area contributed by atoms with Crippen molar-refractivity contribution in [2.45, 2.75) is 6.54 Å². The van der Waals surface area contributed by atoms with Crippen LogP contribution in [0.1, 0.15) is 15.9 Å². The van der Waals surface area contributed by atoms with E-state index >= 15 is 0 Å². The Balaban J connectivity index is 2.00. The normalized spacial score (nSPS) is 10.4. The Morgan fingerprint density at radius 2 is 1.74 bits per heavy atom. The second-order valence-electron chi connectivity index (χ2n) is 5.81. The van der Waals surface area contributed by atoms with Crippen LogP contribution in [-0.2, 0) is 6.54 Å². The highest BCUT2D eigenvalue weighted by atomic mass is 79.9. The molecule has 0 aliphatic carbocycles. The van der Waals surface area contributed by atoms with Crippen molar-refractivity contribution in [3.63, 3.8) is 0 Å². The Bertz CT molecular complexity index is 993. The number of anilines is 1. The molecule has 0 aliphatic heterocycles. The maximum Gasteiger partial charge on any atom is 0.270 e. The molecule has 27 heavy (non-hydrogen) atoms. The van der Waals surface area contributed by atoms with Crippen molar-refractivity contribution in [2.24, 2.45) is 0 Å². The molecule has 3 aromatic rings. The minimum absolute atomic E-state index is 0.129. The second-order valence-corrected chi connectivity index (χ2v) is 7.16. The second kappa shape index (κ2) is 8.33. The molecule has 5 nitrogen and oxygen atoms in total. The first-order valence-corrected chi connectivity index (χ1v) is 9.17. The molecule has 0 aromatic heterocycles. The van der Waals surface area contributed by atoms with Crippen LogP contribution < -0.4 is 4.90 Å². The lowest BCUT2D eigenvalue weighted by atomic mass is 10.1. The molecule has 0 bridgehead atoms. The number of hydrogen-bond donors (Lipinski definition) is 0. The summed E-state index contributed by atoms with van der Waals surface area (Å²) in [6.07, 6.45) is 0. The molecule has 0 aliphatic rings. The van der Waals surface area contributed by atoms with E-state index in [0.717, 1.165) is 10.0 Å². The standard InChI is InChI=1S/C20H14BrClN2O3/c21-16-9-7-14(8-10-16)13-23(18-5-2-4-17(22)12-18)20(25)15-3-1-6-19(11-15)24(26)27/h1-12H,13H2. The van der Waals surface area contributed by atoms with Gasteiger partial charge >= 0.3 is 0 Å². The summed E-state index contributed by atoms with van der Waals surface area (Å²) in [5, 5.41) is 11.5. The van der Waals surface area contributed by atoms with Crippen LogP contribution in [0.2, 0.25) is 5.02 Å². The fraction of sp³-hybridized carbons (Fsp3) is 0.0500. The van der Waals surface area contributed by atoms with Gasteiger partial charge in [-0.25, -0.2) is 0 Å². The Hall–Kier alpha value is -2.70. The molecule has 0 heterocycles. The number of benzene rings is 3. The van der Waals surface area contributed by atoms with Crippen molar-refractivity contribution < 1.29 is 9.72 Å². The van der Waals surface area contributed by atoms with E-state index < -0.39 is 4.92 Å². The molecule has 7 heteroatoms. The predicted octanol–water partition coefficient (Wildman–Crippen LogP) is 5.86. The number of hydrogen-bond acceptors (Lipinski definition) is 3. The average molecular weight is 446 g/mol. The van der Waals surface area contributed by atoms with Gasteiger partial charge in [0.1, 0.15) is 0 Å². The van der Waals surface area contributed by atoms with E-state index in [-0.39, 0.29) is 17.2 Å². The van der Waals surface area contributed by atoms with Crippen LogP contribution in [0.3, 0.4) is 0 Å². The number of nitro benzene ring substituents is 1. The van der Waals surface area contributed by atoms with E-state index in [9.17, 15) is 14.9 Å². The average Bonchev–Trinajstić information content (AvgIpc) is 2.67. The summed E-state index contributed by atoms with van der Waals surface area (Å²) in [5.74, 6) is -0.344. The Morgan fingerprint density at radius 1 is 1.04 bits per heavy atom. The van der Waals surface area contributed by atoms with Crippen molar-refractivity contribution in [3.05, 3.63) is 104 Å². The highest BCUT2D eigenvalue weighted by Crippen LogP contribution is 2.25. The van der Waals surface area contributed by atoms with Gasteiger partial charge < -0.3 is 4.90 Å². The van der Waals surface area contributed by atoms with Gasteiger partial charge in [0.15, 0.2) is 0 Å². The summed E-state index contributed by atoms with van der Waals surface area (Å²) in [5.41, 5.74) is 1.63. The van der Waals surface area contributed by atoms with Gasteiger partial charge in [-0.15, -0.1) is 0 Å². The summed E-state index contributed by atoms with van der Waals surface area (Å²) in [7, 11) is 0. The molecule has 0 N–H and O–H groups in total. The monoisotopic (exact) mass is 444 g/mol. The largest absolute Gasteiger partial charge is 0.304 e. The third kappa shape index (κ3) is 4.72. The van der Waals surface area contributed by atoms with Crippen LogP contribution in [0, 0.1) is 10.1 Å². The number of halogens is 2. The Kier molecular flexibility index (Phi) is 5.88. The molecule has 0 saturated carbocycles. The molecule has 0 spiro atoms. The van der Waals surface area contributed by atoms with E-state index in [2.05, 4.69) is 15.9 Å². The molecule has 3 aromatic carbocycles. The number of carbonyl (C=O) groups is 1. The lowest BCUT2D eigenvalue weighted by Crippen LogP contribution is -2.30. The Morgan fingerprint density at radius 3 is 2.41 bits per heavy atom. The number of carbonyl (C=O) groups excluding carboxylic acids is 1. The van der Waals surface area contributed by atoms with Crippen LogP contribution in [0.15, 0.2) is 77.3 Å². The number of amides is 1. The fourth-order valence-corrected chi connectivity index (χ4v) is 3.05. The lowest BCUT2D eigenvalue weighted by Gasteiger charge is -2.23. The highest BCUT2D eigenvalue weighted by molar-refractivity contribution is 9.10. The van der Waals surface area contributed by atoms with Crippen LogP contribution in [0.4, 0.5) is 11.4 Å². The zero-order valence-electron chi connectivity index (χ0n) is 14.0. The molecule has 0 unspecified atom stereocenters. The van der Waals surface area contributed by atoms with Crippen LogP contribution in [0.5, 0.6) is 0 Å². The van der Waals surface area contributed by atoms with Gasteiger partial charge in [0.2, 0.25) is 0 Å². The van der Waals surface area contributed by atoms with E-state index in [4.69, 9.17) is 11.6 Å². The molecular weight excluding hydrogens is 432 g/mol. The van der Waals surface area contributed by atoms with Gasteiger partial charge in [-0.2, -0.15) is 0 Å². The van der Waals surface area contributed by atoms with Crippen LogP contribution in [-0.4, -0.2) is 10.8 Å². The van der Waals surface area contributed by atoms with Gasteiger partial charge in [0.25, 0.3) is 11.6 Å². The van der Waals surface area contributed by atoms with Gasteiger partial charge in [0, 0.05) is 32.9 Å². The maximum atomic E-state index is 13.2. The summed E-state index contributed by atoms with van der Waals surface area (Å²) < 4.78 is 0.936. The van der Waals surface area contributed by atoms with Crippen LogP contribution >= 0.6 is 27.5 Å². The first-order valence-electron chi connectivity index (χ1n) is 8.00. The molecule has 3 rings (SSSR count). The molecule has 0 atom stereocenters. The number of non-ortho nitro benzene ring substituents is 1. The first-order chi connectivity index (χ1) is 12.9. The topological polar surface area (TPSA) is 63.4 Å². The van der Waals surface area contributed by atoms with E-state index in [0.29, 0.717) is 17.3 Å². The third-order valence-corrected chi connectivity index (χ3v) is 4.69. The molecule has 1 amide bonds. The van der Waals surface area contributed by atoms with Crippen molar-refractivity contribution in [1.82, 2.24) is 0 Å². The number of nitrogens with zero attached hydrogens (tertiary/aromatic N) is 2. The third-order valence-electron chi connectivity index (χ3n) is 3.92. The minimum Gasteiger partial charge on any atom is -0.304 e. The summed E-state index contributed by atoms with van der Waals surface area (Å²) >= 11 is 9.49. The lowest BCUT2D eigenvalue weighted by molar-refractivity contribution is -0.384. The van der Waals surface area contributed by atoms with Gasteiger partial charge in [-0.3, -0.25) is 14.9 Å².